The Morgan fingerprint density at radius 2 is 1.75 bits per heavy atom. The smallest absolute Gasteiger partial charge is 0.216 e. The topological polar surface area (TPSA) is 109 Å². The number of benzene rings is 1. The first-order chi connectivity index (χ1) is 14.5. The number of guanidine groups is 1. The fourth-order valence-electron chi connectivity index (χ4n) is 2.77. The van der Waals surface area contributed by atoms with Gasteiger partial charge in [0.25, 0.3) is 0 Å². The molecule has 0 aliphatic carbocycles. The second-order valence-electron chi connectivity index (χ2n) is 8.77. The molecule has 0 atom stereocenters. The summed E-state index contributed by atoms with van der Waals surface area (Å²) in [4.78, 5) is 8.92. The minimum absolute atomic E-state index is 0. The molecule has 180 valence electrons. The van der Waals surface area contributed by atoms with Gasteiger partial charge in [0.05, 0.1) is 25.0 Å². The van der Waals surface area contributed by atoms with Crippen LogP contribution >= 0.6 is 24.0 Å². The summed E-state index contributed by atoms with van der Waals surface area (Å²) in [5, 5.41) is 6.43. The molecule has 0 unspecified atom stereocenters. The Bertz CT molecular complexity index is 964. The Morgan fingerprint density at radius 3 is 2.28 bits per heavy atom. The van der Waals surface area contributed by atoms with Crippen molar-refractivity contribution in [2.75, 3.05) is 6.54 Å². The number of aliphatic imine (C=N–C) groups is 1. The summed E-state index contributed by atoms with van der Waals surface area (Å²) >= 11 is 0. The maximum atomic E-state index is 12.1. The summed E-state index contributed by atoms with van der Waals surface area (Å²) in [6, 6.07) is 7.33. The zero-order valence-corrected chi connectivity index (χ0v) is 22.9. The van der Waals surface area contributed by atoms with Gasteiger partial charge in [-0.3, -0.25) is 0 Å². The van der Waals surface area contributed by atoms with Crippen LogP contribution in [0.25, 0.3) is 0 Å². The number of halogens is 1. The molecule has 0 fully saturated rings. The van der Waals surface area contributed by atoms with Crippen LogP contribution in [-0.4, -0.2) is 31.9 Å². The normalized spacial score (nSPS) is 12.5. The van der Waals surface area contributed by atoms with Crippen molar-refractivity contribution < 1.29 is 12.8 Å². The lowest BCUT2D eigenvalue weighted by Crippen LogP contribution is -2.36. The summed E-state index contributed by atoms with van der Waals surface area (Å²) in [7, 11) is -3.33. The molecule has 8 nitrogen and oxygen atoms in total. The zero-order chi connectivity index (χ0) is 23.1. The van der Waals surface area contributed by atoms with Crippen LogP contribution in [0.3, 0.4) is 0 Å². The van der Waals surface area contributed by atoms with Gasteiger partial charge in [-0.15, -0.1) is 24.0 Å². The van der Waals surface area contributed by atoms with Crippen LogP contribution in [0.2, 0.25) is 0 Å². The van der Waals surface area contributed by atoms with E-state index in [9.17, 15) is 8.42 Å². The third kappa shape index (κ3) is 9.86. The molecule has 0 saturated heterocycles. The van der Waals surface area contributed by atoms with Crippen LogP contribution in [0.5, 0.6) is 0 Å². The highest BCUT2D eigenvalue weighted by atomic mass is 127. The van der Waals surface area contributed by atoms with Gasteiger partial charge in [0.15, 0.2) is 5.96 Å². The van der Waals surface area contributed by atoms with Crippen molar-refractivity contribution in [3.05, 3.63) is 53.2 Å². The summed E-state index contributed by atoms with van der Waals surface area (Å²) < 4.78 is 32.5. The fraction of sp³-hybridized carbons (Fsp3) is 0.545. The molecule has 0 aliphatic heterocycles. The third-order valence-corrected chi connectivity index (χ3v) is 5.80. The monoisotopic (exact) mass is 577 g/mol. The largest absolute Gasteiger partial charge is 0.443 e. The summed E-state index contributed by atoms with van der Waals surface area (Å²) in [6.45, 7) is 13.5. The van der Waals surface area contributed by atoms with Gasteiger partial charge in [-0.1, -0.05) is 45.0 Å². The van der Waals surface area contributed by atoms with E-state index in [-0.39, 0.29) is 41.2 Å². The molecule has 0 radical (unpaired) electrons. The molecule has 10 heteroatoms. The number of hydrogen-bond donors (Lipinski definition) is 3. The van der Waals surface area contributed by atoms with Gasteiger partial charge >= 0.3 is 0 Å². The second-order valence-corrected chi connectivity index (χ2v) is 10.5. The number of nitrogens with zero attached hydrogens (tertiary/aromatic N) is 2. The molecule has 0 saturated carbocycles. The quantitative estimate of drug-likeness (QED) is 0.239. The van der Waals surface area contributed by atoms with Gasteiger partial charge < -0.3 is 15.1 Å². The van der Waals surface area contributed by atoms with E-state index < -0.39 is 10.0 Å². The molecule has 0 amide bonds. The molecule has 32 heavy (non-hydrogen) atoms. The van der Waals surface area contributed by atoms with Crippen LogP contribution in [0.4, 0.5) is 0 Å². The molecule has 3 N–H and O–H groups in total. The number of hydrogen-bond acceptors (Lipinski definition) is 5. The predicted molar refractivity (Wildman–Crippen MR) is 140 cm³/mol. The molecule has 0 bridgehead atoms. The lowest BCUT2D eigenvalue weighted by molar-refractivity contribution is 0.379. The number of rotatable bonds is 9. The van der Waals surface area contributed by atoms with Crippen LogP contribution in [0.1, 0.15) is 64.3 Å². The van der Waals surface area contributed by atoms with Gasteiger partial charge in [0, 0.05) is 18.0 Å². The van der Waals surface area contributed by atoms with E-state index in [1.54, 1.807) is 20.0 Å². The average Bonchev–Trinajstić information content (AvgIpc) is 3.13. The van der Waals surface area contributed by atoms with E-state index in [4.69, 9.17) is 4.42 Å². The van der Waals surface area contributed by atoms with Crippen molar-refractivity contribution >= 4 is 40.0 Å². The second kappa shape index (κ2) is 12.5. The average molecular weight is 578 g/mol. The maximum Gasteiger partial charge on any atom is 0.216 e. The Hall–Kier alpha value is -1.66. The predicted octanol–water partition coefficient (Wildman–Crippen LogP) is 3.67. The number of aromatic nitrogens is 1. The van der Waals surface area contributed by atoms with Gasteiger partial charge in [0.1, 0.15) is 5.76 Å². The van der Waals surface area contributed by atoms with Crippen LogP contribution in [0.15, 0.2) is 39.9 Å². The van der Waals surface area contributed by atoms with E-state index in [0.29, 0.717) is 24.9 Å². The molecule has 0 spiro atoms. The van der Waals surface area contributed by atoms with Crippen LogP contribution < -0.4 is 15.4 Å². The number of sulfonamides is 1. The highest BCUT2D eigenvalue weighted by Crippen LogP contribution is 2.22. The summed E-state index contributed by atoms with van der Waals surface area (Å²) in [6.07, 6.45) is 1.76. The molecular weight excluding hydrogens is 541 g/mol. The number of oxazole rings is 1. The van der Waals surface area contributed by atoms with Crippen LogP contribution in [0, 0.1) is 0 Å². The molecule has 1 heterocycles. The van der Waals surface area contributed by atoms with Gasteiger partial charge in [-0.25, -0.2) is 23.1 Å². The Balaban J connectivity index is 0.00000512. The van der Waals surface area contributed by atoms with E-state index in [1.165, 1.54) is 0 Å². The Kier molecular flexibility index (Phi) is 11.1. The molecule has 1 aromatic heterocycles. The standard InChI is InChI=1S/C22H35N5O3S.HI/c1-7-23-21(26-14-20-24-13-19(30-20)22(4,5)6)25-12-17-8-10-18(11-9-17)15-31(28,29)27-16(2)3;/h8-11,13,16,27H,7,12,14-15H2,1-6H3,(H2,23,25,26);1H. The third-order valence-electron chi connectivity index (χ3n) is 4.26. The molecule has 2 aromatic rings. The van der Waals surface area contributed by atoms with Crippen LogP contribution in [-0.2, 0) is 34.3 Å². The lowest BCUT2D eigenvalue weighted by Gasteiger charge is -2.13. The first-order valence-corrected chi connectivity index (χ1v) is 12.2. The van der Waals surface area contributed by atoms with Crippen molar-refractivity contribution in [2.24, 2.45) is 4.99 Å². The van der Waals surface area contributed by atoms with E-state index in [1.807, 2.05) is 31.2 Å². The zero-order valence-electron chi connectivity index (χ0n) is 19.7. The van der Waals surface area contributed by atoms with Crippen molar-refractivity contribution in [2.45, 2.75) is 71.8 Å². The van der Waals surface area contributed by atoms with Crippen molar-refractivity contribution in [1.29, 1.82) is 0 Å². The van der Waals surface area contributed by atoms with E-state index in [2.05, 4.69) is 46.1 Å². The minimum Gasteiger partial charge on any atom is -0.443 e. The highest BCUT2D eigenvalue weighted by Gasteiger charge is 2.19. The van der Waals surface area contributed by atoms with Gasteiger partial charge in [-0.2, -0.15) is 0 Å². The van der Waals surface area contributed by atoms with Gasteiger partial charge in [-0.05, 0) is 31.9 Å². The summed E-state index contributed by atoms with van der Waals surface area (Å²) in [5.41, 5.74) is 1.64. The van der Waals surface area contributed by atoms with E-state index in [0.717, 1.165) is 23.4 Å². The number of nitrogens with one attached hydrogen (secondary N) is 3. The first-order valence-electron chi connectivity index (χ1n) is 10.5. The minimum atomic E-state index is -3.33. The fourth-order valence-corrected chi connectivity index (χ4v) is 4.20. The highest BCUT2D eigenvalue weighted by molar-refractivity contribution is 14.0. The van der Waals surface area contributed by atoms with E-state index >= 15 is 0 Å². The molecule has 0 aliphatic rings. The van der Waals surface area contributed by atoms with Crippen molar-refractivity contribution in [3.8, 4) is 0 Å². The molecule has 1 aromatic carbocycles. The van der Waals surface area contributed by atoms with Crippen molar-refractivity contribution in [3.63, 3.8) is 0 Å². The molecule has 2 rings (SSSR count). The van der Waals surface area contributed by atoms with Crippen molar-refractivity contribution in [1.82, 2.24) is 20.3 Å². The lowest BCUT2D eigenvalue weighted by atomic mass is 9.94. The maximum absolute atomic E-state index is 12.1. The Labute approximate surface area is 209 Å². The first kappa shape index (κ1) is 28.4. The Morgan fingerprint density at radius 1 is 1.12 bits per heavy atom. The molecular formula is C22H36IN5O3S. The van der Waals surface area contributed by atoms with Gasteiger partial charge in [0.2, 0.25) is 15.9 Å². The summed E-state index contributed by atoms with van der Waals surface area (Å²) in [5.74, 6) is 2.07. The SMILES string of the molecule is CCNC(=NCc1ccc(CS(=O)(=O)NC(C)C)cc1)NCc1ncc(C(C)(C)C)o1.I.